The van der Waals surface area contributed by atoms with E-state index in [1.165, 1.54) is 10.5 Å². The average molecular weight is 460 g/mol. The standard InChI is InChI=1S/C28H29NO5/c1-28(17-21-7-4-3-5-8-21)18-23-16-22(11-12-25(23)34-28)27(32)29(19-26(30)31)14-13-20-9-6-10-24(15-20)33-2/h3-12,15-16H,13-14,17-19H2,1-2H3,(H,30,31)/t28-/m0/s1. The van der Waals surface area contributed by atoms with E-state index in [2.05, 4.69) is 19.1 Å². The number of amides is 1. The second-order valence-electron chi connectivity index (χ2n) is 8.94. The molecule has 1 atom stereocenters. The fraction of sp³-hybridized carbons (Fsp3) is 0.286. The summed E-state index contributed by atoms with van der Waals surface area (Å²) in [4.78, 5) is 26.1. The Bertz CT molecular complexity index is 1180. The lowest BCUT2D eigenvalue weighted by molar-refractivity contribution is -0.137. The van der Waals surface area contributed by atoms with E-state index in [4.69, 9.17) is 9.47 Å². The van der Waals surface area contributed by atoms with E-state index in [1.807, 2.05) is 54.6 Å². The summed E-state index contributed by atoms with van der Waals surface area (Å²) in [5, 5.41) is 9.39. The molecule has 34 heavy (non-hydrogen) atoms. The number of carbonyl (C=O) groups is 2. The van der Waals surface area contributed by atoms with E-state index in [1.54, 1.807) is 13.2 Å². The molecule has 1 heterocycles. The van der Waals surface area contributed by atoms with E-state index in [0.717, 1.165) is 29.0 Å². The zero-order chi connectivity index (χ0) is 24.1. The first kappa shape index (κ1) is 23.4. The molecule has 1 amide bonds. The molecule has 0 fully saturated rings. The number of methoxy groups -OCH3 is 1. The second kappa shape index (κ2) is 10.00. The van der Waals surface area contributed by atoms with Gasteiger partial charge in [0.15, 0.2) is 0 Å². The van der Waals surface area contributed by atoms with Gasteiger partial charge in [-0.2, -0.15) is 0 Å². The number of benzene rings is 3. The van der Waals surface area contributed by atoms with Gasteiger partial charge in [-0.25, -0.2) is 0 Å². The van der Waals surface area contributed by atoms with Crippen LogP contribution in [0.25, 0.3) is 0 Å². The zero-order valence-electron chi connectivity index (χ0n) is 19.5. The molecule has 1 aliphatic heterocycles. The van der Waals surface area contributed by atoms with Crippen molar-refractivity contribution in [1.82, 2.24) is 4.90 Å². The number of carboxylic acids is 1. The molecule has 0 radical (unpaired) electrons. The van der Waals surface area contributed by atoms with Gasteiger partial charge >= 0.3 is 5.97 Å². The zero-order valence-corrected chi connectivity index (χ0v) is 19.5. The molecule has 0 saturated carbocycles. The number of nitrogens with zero attached hydrogens (tertiary/aromatic N) is 1. The van der Waals surface area contributed by atoms with Gasteiger partial charge in [-0.3, -0.25) is 9.59 Å². The van der Waals surface area contributed by atoms with Crippen molar-refractivity contribution in [3.05, 3.63) is 95.1 Å². The van der Waals surface area contributed by atoms with Gasteiger partial charge < -0.3 is 19.5 Å². The SMILES string of the molecule is COc1cccc(CCN(CC(=O)O)C(=O)c2ccc3c(c2)C[C@](C)(Cc2ccccc2)O3)c1. The first-order valence-corrected chi connectivity index (χ1v) is 11.3. The quantitative estimate of drug-likeness (QED) is 0.513. The van der Waals surface area contributed by atoms with Crippen molar-refractivity contribution < 1.29 is 24.2 Å². The smallest absolute Gasteiger partial charge is 0.323 e. The Labute approximate surface area is 199 Å². The van der Waals surface area contributed by atoms with Crippen LogP contribution < -0.4 is 9.47 Å². The molecule has 1 aliphatic rings. The fourth-order valence-corrected chi connectivity index (χ4v) is 4.47. The summed E-state index contributed by atoms with van der Waals surface area (Å²) in [7, 11) is 1.60. The molecule has 176 valence electrons. The third-order valence-corrected chi connectivity index (χ3v) is 6.07. The number of aliphatic carboxylic acids is 1. The number of rotatable bonds is 9. The van der Waals surface area contributed by atoms with Crippen LogP contribution in [0.15, 0.2) is 72.8 Å². The van der Waals surface area contributed by atoms with Crippen LogP contribution in [0.4, 0.5) is 0 Å². The Morgan fingerprint density at radius 3 is 2.53 bits per heavy atom. The maximum atomic E-state index is 13.3. The molecule has 0 unspecified atom stereocenters. The van der Waals surface area contributed by atoms with Crippen LogP contribution in [0.2, 0.25) is 0 Å². The summed E-state index contributed by atoms with van der Waals surface area (Å²) in [6, 6.07) is 23.1. The Kier molecular flexibility index (Phi) is 6.87. The van der Waals surface area contributed by atoms with Crippen LogP contribution in [0.1, 0.15) is 34.0 Å². The van der Waals surface area contributed by atoms with Crippen molar-refractivity contribution in [3.63, 3.8) is 0 Å². The first-order chi connectivity index (χ1) is 16.3. The van der Waals surface area contributed by atoms with Crippen molar-refractivity contribution in [2.24, 2.45) is 0 Å². The number of hydrogen-bond donors (Lipinski definition) is 1. The Morgan fingerprint density at radius 1 is 1.03 bits per heavy atom. The molecular weight excluding hydrogens is 430 g/mol. The minimum Gasteiger partial charge on any atom is -0.497 e. The highest BCUT2D eigenvalue weighted by Gasteiger charge is 2.35. The largest absolute Gasteiger partial charge is 0.497 e. The highest BCUT2D eigenvalue weighted by Crippen LogP contribution is 2.37. The number of ether oxygens (including phenoxy) is 2. The minimum absolute atomic E-state index is 0.289. The normalized spacial score (nSPS) is 16.4. The molecule has 0 aromatic heterocycles. The molecule has 6 heteroatoms. The van der Waals surface area contributed by atoms with Gasteiger partial charge in [-0.1, -0.05) is 42.5 Å². The highest BCUT2D eigenvalue weighted by atomic mass is 16.5. The lowest BCUT2D eigenvalue weighted by atomic mass is 9.91. The summed E-state index contributed by atoms with van der Waals surface area (Å²) in [5.74, 6) is 0.158. The van der Waals surface area contributed by atoms with Crippen molar-refractivity contribution in [3.8, 4) is 11.5 Å². The van der Waals surface area contributed by atoms with Crippen molar-refractivity contribution in [2.45, 2.75) is 31.8 Å². The molecule has 0 aliphatic carbocycles. The van der Waals surface area contributed by atoms with Crippen LogP contribution in [0.5, 0.6) is 11.5 Å². The second-order valence-corrected chi connectivity index (χ2v) is 8.94. The predicted octanol–water partition coefficient (Wildman–Crippen LogP) is 4.40. The van der Waals surface area contributed by atoms with Crippen LogP contribution in [-0.4, -0.2) is 47.7 Å². The van der Waals surface area contributed by atoms with Crippen LogP contribution in [-0.2, 0) is 24.1 Å². The van der Waals surface area contributed by atoms with Gasteiger partial charge in [0.05, 0.1) is 7.11 Å². The molecular formula is C28H29NO5. The molecule has 3 aromatic rings. The summed E-state index contributed by atoms with van der Waals surface area (Å²) in [6.45, 7) is 2.01. The van der Waals surface area contributed by atoms with Crippen LogP contribution in [0, 0.1) is 0 Å². The third-order valence-electron chi connectivity index (χ3n) is 6.07. The molecule has 0 bridgehead atoms. The van der Waals surface area contributed by atoms with Gasteiger partial charge in [0.1, 0.15) is 23.6 Å². The molecule has 0 saturated heterocycles. The number of hydrogen-bond acceptors (Lipinski definition) is 4. The van der Waals surface area contributed by atoms with E-state index in [-0.39, 0.29) is 19.0 Å². The van der Waals surface area contributed by atoms with Gasteiger partial charge in [-0.15, -0.1) is 0 Å². The van der Waals surface area contributed by atoms with Crippen molar-refractivity contribution in [1.29, 1.82) is 0 Å². The van der Waals surface area contributed by atoms with E-state index < -0.39 is 11.6 Å². The maximum Gasteiger partial charge on any atom is 0.323 e. The van der Waals surface area contributed by atoms with Gasteiger partial charge in [0.25, 0.3) is 5.91 Å². The summed E-state index contributed by atoms with van der Waals surface area (Å²) in [6.07, 6.45) is 1.97. The molecule has 4 rings (SSSR count). The number of carboxylic acid groups (broad SMARTS) is 1. The van der Waals surface area contributed by atoms with Crippen LogP contribution >= 0.6 is 0 Å². The lowest BCUT2D eigenvalue weighted by Gasteiger charge is -2.24. The number of fused-ring (bicyclic) bond motifs is 1. The van der Waals surface area contributed by atoms with Gasteiger partial charge in [0, 0.05) is 24.9 Å². The van der Waals surface area contributed by atoms with Crippen LogP contribution in [0.3, 0.4) is 0 Å². The fourth-order valence-electron chi connectivity index (χ4n) is 4.47. The topological polar surface area (TPSA) is 76.1 Å². The van der Waals surface area contributed by atoms with Gasteiger partial charge in [0.2, 0.25) is 0 Å². The van der Waals surface area contributed by atoms with Gasteiger partial charge in [-0.05, 0) is 60.4 Å². The summed E-state index contributed by atoms with van der Waals surface area (Å²) >= 11 is 0. The highest BCUT2D eigenvalue weighted by molar-refractivity contribution is 5.96. The van der Waals surface area contributed by atoms with E-state index >= 15 is 0 Å². The van der Waals surface area contributed by atoms with Crippen molar-refractivity contribution in [2.75, 3.05) is 20.2 Å². The first-order valence-electron chi connectivity index (χ1n) is 11.3. The average Bonchev–Trinajstić information content (AvgIpc) is 3.16. The minimum atomic E-state index is -1.04. The molecule has 1 N–H and O–H groups in total. The Hall–Kier alpha value is -3.80. The third kappa shape index (κ3) is 5.57. The predicted molar refractivity (Wildman–Crippen MR) is 130 cm³/mol. The molecule has 6 nitrogen and oxygen atoms in total. The summed E-state index contributed by atoms with van der Waals surface area (Å²) < 4.78 is 11.5. The Balaban J connectivity index is 1.48. The maximum absolute atomic E-state index is 13.3. The molecule has 0 spiro atoms. The Morgan fingerprint density at radius 2 is 1.79 bits per heavy atom. The van der Waals surface area contributed by atoms with E-state index in [9.17, 15) is 14.7 Å². The summed E-state index contributed by atoms with van der Waals surface area (Å²) in [5.41, 5.74) is 3.21. The lowest BCUT2D eigenvalue weighted by Crippen LogP contribution is -2.37. The van der Waals surface area contributed by atoms with Crippen molar-refractivity contribution >= 4 is 11.9 Å². The van der Waals surface area contributed by atoms with E-state index in [0.29, 0.717) is 18.4 Å². The molecule has 3 aromatic carbocycles. The number of carbonyl (C=O) groups excluding carboxylic acids is 1. The monoisotopic (exact) mass is 459 g/mol.